The fourth-order valence-electron chi connectivity index (χ4n) is 0.192. The second-order valence-corrected chi connectivity index (χ2v) is 1.18. The Morgan fingerprint density at radius 3 is 2.29 bits per heavy atom. The number of rotatable bonds is 2. The summed E-state index contributed by atoms with van der Waals surface area (Å²) in [6.45, 7) is 4.40. The van der Waals surface area contributed by atoms with Gasteiger partial charge in [-0.25, -0.2) is 4.39 Å². The summed E-state index contributed by atoms with van der Waals surface area (Å²) in [6.07, 6.45) is 0.204. The van der Waals surface area contributed by atoms with Crippen molar-refractivity contribution in [2.75, 3.05) is 0 Å². The highest BCUT2D eigenvalue weighted by atomic mass is 19.1. The van der Waals surface area contributed by atoms with Crippen molar-refractivity contribution in [3.05, 3.63) is 12.4 Å². The fraction of sp³-hybridized carbons (Fsp3) is 0.400. The molecule has 0 fully saturated rings. The van der Waals surface area contributed by atoms with Crippen LogP contribution in [0.3, 0.4) is 0 Å². The van der Waals surface area contributed by atoms with Gasteiger partial charge in [0.1, 0.15) is 0 Å². The summed E-state index contributed by atoms with van der Waals surface area (Å²) in [6, 6.07) is 0. The van der Waals surface area contributed by atoms with Crippen molar-refractivity contribution >= 4 is 5.78 Å². The quantitative estimate of drug-likeness (QED) is 0.482. The first-order valence-electron chi connectivity index (χ1n) is 2.06. The van der Waals surface area contributed by atoms with E-state index in [2.05, 4.69) is 6.58 Å². The van der Waals surface area contributed by atoms with Crippen LogP contribution in [-0.2, 0) is 4.79 Å². The van der Waals surface area contributed by atoms with Gasteiger partial charge >= 0.3 is 0 Å². The third-order valence-corrected chi connectivity index (χ3v) is 0.624. The monoisotopic (exact) mass is 102 g/mol. The van der Waals surface area contributed by atoms with Crippen molar-refractivity contribution < 1.29 is 9.18 Å². The van der Waals surface area contributed by atoms with E-state index in [1.54, 1.807) is 6.92 Å². The summed E-state index contributed by atoms with van der Waals surface area (Å²) < 4.78 is 11.6. The van der Waals surface area contributed by atoms with E-state index in [1.165, 1.54) is 0 Å². The molecule has 0 aliphatic heterocycles. The molecule has 0 aromatic heterocycles. The highest BCUT2D eigenvalue weighted by Crippen LogP contribution is 1.95. The van der Waals surface area contributed by atoms with Gasteiger partial charge in [-0.1, -0.05) is 13.5 Å². The minimum Gasteiger partial charge on any atom is -0.292 e. The highest BCUT2D eigenvalue weighted by Gasteiger charge is 1.98. The third-order valence-electron chi connectivity index (χ3n) is 0.624. The first-order chi connectivity index (χ1) is 3.18. The van der Waals surface area contributed by atoms with E-state index in [9.17, 15) is 9.18 Å². The standard InChI is InChI=1S/C5H7FO/c1-3-5(7)4(2)6/h2-3H2,1H3. The van der Waals surface area contributed by atoms with Gasteiger partial charge in [-0.2, -0.15) is 0 Å². The highest BCUT2D eigenvalue weighted by molar-refractivity contribution is 5.92. The minimum absolute atomic E-state index is 0.204. The lowest BCUT2D eigenvalue weighted by atomic mass is 10.3. The molecule has 0 amide bonds. The molecule has 0 heterocycles. The van der Waals surface area contributed by atoms with E-state index in [-0.39, 0.29) is 6.42 Å². The van der Waals surface area contributed by atoms with Crippen LogP contribution in [0.2, 0.25) is 0 Å². The summed E-state index contributed by atoms with van der Waals surface area (Å²) >= 11 is 0. The zero-order chi connectivity index (χ0) is 5.86. The number of hydrogen-bond donors (Lipinski definition) is 0. The third kappa shape index (κ3) is 2.09. The average molecular weight is 102 g/mol. The van der Waals surface area contributed by atoms with E-state index in [0.717, 1.165) is 0 Å². The molecule has 0 unspecified atom stereocenters. The topological polar surface area (TPSA) is 17.1 Å². The Bertz CT molecular complexity index is 96.3. The molecule has 0 bridgehead atoms. The molecule has 7 heavy (non-hydrogen) atoms. The van der Waals surface area contributed by atoms with Gasteiger partial charge < -0.3 is 0 Å². The van der Waals surface area contributed by atoms with Crippen molar-refractivity contribution in [2.24, 2.45) is 0 Å². The van der Waals surface area contributed by atoms with Crippen LogP contribution in [0.4, 0.5) is 4.39 Å². The maximum atomic E-state index is 11.6. The van der Waals surface area contributed by atoms with Crippen molar-refractivity contribution in [2.45, 2.75) is 13.3 Å². The molecular weight excluding hydrogens is 95.1 g/mol. The maximum absolute atomic E-state index is 11.6. The average Bonchev–Trinajstić information content (AvgIpc) is 1.65. The van der Waals surface area contributed by atoms with Gasteiger partial charge in [-0.3, -0.25) is 4.79 Å². The lowest BCUT2D eigenvalue weighted by Gasteiger charge is -1.83. The van der Waals surface area contributed by atoms with Crippen molar-refractivity contribution in [3.63, 3.8) is 0 Å². The molecule has 0 saturated carbocycles. The Morgan fingerprint density at radius 1 is 1.86 bits per heavy atom. The van der Waals surface area contributed by atoms with E-state index in [4.69, 9.17) is 0 Å². The van der Waals surface area contributed by atoms with E-state index < -0.39 is 11.6 Å². The van der Waals surface area contributed by atoms with Crippen LogP contribution >= 0.6 is 0 Å². The van der Waals surface area contributed by atoms with Gasteiger partial charge in [0, 0.05) is 6.42 Å². The molecule has 0 saturated heterocycles. The lowest BCUT2D eigenvalue weighted by Crippen LogP contribution is -1.91. The van der Waals surface area contributed by atoms with Crippen LogP contribution in [0.25, 0.3) is 0 Å². The maximum Gasteiger partial charge on any atom is 0.190 e. The lowest BCUT2D eigenvalue weighted by molar-refractivity contribution is -0.116. The Balaban J connectivity index is 3.58. The summed E-state index contributed by atoms with van der Waals surface area (Å²) in [4.78, 5) is 10.0. The molecule has 0 radical (unpaired) electrons. The Labute approximate surface area is 41.8 Å². The SMILES string of the molecule is C=C(F)C(=O)CC. The molecule has 1 nitrogen and oxygen atoms in total. The minimum atomic E-state index is -0.845. The van der Waals surface area contributed by atoms with Gasteiger partial charge in [0.2, 0.25) is 0 Å². The Kier molecular flexibility index (Phi) is 2.27. The molecule has 0 aromatic carbocycles. The number of Topliss-reactive ketones (excluding diaryl/α,β-unsaturated/α-hetero) is 1. The second-order valence-electron chi connectivity index (χ2n) is 1.18. The van der Waals surface area contributed by atoms with Crippen LogP contribution < -0.4 is 0 Å². The van der Waals surface area contributed by atoms with Crippen LogP contribution in [0.1, 0.15) is 13.3 Å². The van der Waals surface area contributed by atoms with E-state index >= 15 is 0 Å². The van der Waals surface area contributed by atoms with Crippen LogP contribution in [0, 0.1) is 0 Å². The smallest absolute Gasteiger partial charge is 0.190 e. The molecule has 0 rings (SSSR count). The first-order valence-corrected chi connectivity index (χ1v) is 2.06. The normalized spacial score (nSPS) is 8.29. The molecule has 0 atom stereocenters. The number of carbonyl (C=O) groups excluding carboxylic acids is 1. The number of allylic oxidation sites excluding steroid dienone is 1. The number of carbonyl (C=O) groups is 1. The summed E-state index contributed by atoms with van der Waals surface area (Å²) in [7, 11) is 0. The number of halogens is 1. The zero-order valence-electron chi connectivity index (χ0n) is 4.20. The molecule has 0 aliphatic carbocycles. The number of ketones is 1. The number of hydrogen-bond acceptors (Lipinski definition) is 1. The zero-order valence-corrected chi connectivity index (χ0v) is 4.20. The molecule has 0 spiro atoms. The summed E-state index contributed by atoms with van der Waals surface area (Å²) in [5.41, 5.74) is 0. The Hall–Kier alpha value is -0.660. The molecule has 0 aromatic rings. The largest absolute Gasteiger partial charge is 0.292 e. The second kappa shape index (κ2) is 2.50. The predicted molar refractivity (Wildman–Crippen MR) is 25.5 cm³/mol. The van der Waals surface area contributed by atoms with Crippen molar-refractivity contribution in [3.8, 4) is 0 Å². The summed E-state index contributed by atoms with van der Waals surface area (Å²) in [5, 5.41) is 0. The van der Waals surface area contributed by atoms with Gasteiger partial charge in [-0.05, 0) is 0 Å². The van der Waals surface area contributed by atoms with Crippen molar-refractivity contribution in [1.82, 2.24) is 0 Å². The van der Waals surface area contributed by atoms with Crippen LogP contribution in [0.15, 0.2) is 12.4 Å². The van der Waals surface area contributed by atoms with Gasteiger partial charge in [0.25, 0.3) is 0 Å². The molecule has 0 aliphatic rings. The first kappa shape index (κ1) is 6.34. The van der Waals surface area contributed by atoms with E-state index in [1.807, 2.05) is 0 Å². The summed E-state index contributed by atoms with van der Waals surface area (Å²) in [5.74, 6) is -1.36. The van der Waals surface area contributed by atoms with E-state index in [0.29, 0.717) is 0 Å². The van der Waals surface area contributed by atoms with Gasteiger partial charge in [-0.15, -0.1) is 0 Å². The molecular formula is C5H7FO. The van der Waals surface area contributed by atoms with Crippen LogP contribution in [-0.4, -0.2) is 5.78 Å². The van der Waals surface area contributed by atoms with Gasteiger partial charge in [0.05, 0.1) is 0 Å². The molecule has 2 heteroatoms. The predicted octanol–water partition coefficient (Wildman–Crippen LogP) is 1.45. The van der Waals surface area contributed by atoms with Crippen molar-refractivity contribution in [1.29, 1.82) is 0 Å². The van der Waals surface area contributed by atoms with Crippen LogP contribution in [0.5, 0.6) is 0 Å². The Morgan fingerprint density at radius 2 is 2.29 bits per heavy atom. The fourth-order valence-corrected chi connectivity index (χ4v) is 0.192. The molecule has 40 valence electrons. The van der Waals surface area contributed by atoms with Gasteiger partial charge in [0.15, 0.2) is 11.6 Å². The molecule has 0 N–H and O–H groups in total.